The largest absolute Gasteiger partial charge is 0.469 e. The summed E-state index contributed by atoms with van der Waals surface area (Å²) in [5.41, 5.74) is -0.892. The van der Waals surface area contributed by atoms with Crippen molar-refractivity contribution in [2.75, 3.05) is 7.11 Å². The van der Waals surface area contributed by atoms with Gasteiger partial charge < -0.3 is 14.2 Å². The van der Waals surface area contributed by atoms with E-state index in [-0.39, 0.29) is 18.0 Å². The summed E-state index contributed by atoms with van der Waals surface area (Å²) in [6.07, 6.45) is 1.01. The SMILES string of the molecule is C=C(CC(=O)OC)C(=O)OC(C)(C)C.C=COC(=O)C(C)(C)C. The van der Waals surface area contributed by atoms with E-state index in [1.54, 1.807) is 41.5 Å². The third-order valence-electron chi connectivity index (χ3n) is 2.08. The molecule has 0 aromatic heterocycles. The van der Waals surface area contributed by atoms with Gasteiger partial charge in [0, 0.05) is 5.57 Å². The molecule has 0 radical (unpaired) electrons. The van der Waals surface area contributed by atoms with Crippen molar-refractivity contribution in [3.8, 4) is 0 Å². The minimum Gasteiger partial charge on any atom is -0.469 e. The van der Waals surface area contributed by atoms with Gasteiger partial charge in [-0.1, -0.05) is 13.2 Å². The summed E-state index contributed by atoms with van der Waals surface area (Å²) in [7, 11) is 1.25. The monoisotopic (exact) mass is 328 g/mol. The van der Waals surface area contributed by atoms with Gasteiger partial charge in [-0.15, -0.1) is 0 Å². The molecule has 0 spiro atoms. The van der Waals surface area contributed by atoms with E-state index in [4.69, 9.17) is 4.74 Å². The maximum atomic E-state index is 11.3. The second-order valence-electron chi connectivity index (χ2n) is 6.68. The summed E-state index contributed by atoms with van der Waals surface area (Å²) < 4.78 is 13.9. The number of rotatable bonds is 4. The predicted octanol–water partition coefficient (Wildman–Crippen LogP) is 3.17. The first kappa shape index (κ1) is 23.2. The minimum absolute atomic E-state index is 0.103. The lowest BCUT2D eigenvalue weighted by atomic mass is 9.98. The maximum absolute atomic E-state index is 11.3. The lowest BCUT2D eigenvalue weighted by Crippen LogP contribution is -2.25. The smallest absolute Gasteiger partial charge is 0.334 e. The summed E-state index contributed by atoms with van der Waals surface area (Å²) in [5.74, 6) is -1.32. The zero-order chi connectivity index (χ0) is 18.8. The first-order valence-corrected chi connectivity index (χ1v) is 7.04. The molecule has 0 aliphatic carbocycles. The molecule has 132 valence electrons. The third kappa shape index (κ3) is 13.3. The van der Waals surface area contributed by atoms with Crippen molar-refractivity contribution in [3.05, 3.63) is 25.0 Å². The average Bonchev–Trinajstić information content (AvgIpc) is 2.36. The Labute approximate surface area is 138 Å². The van der Waals surface area contributed by atoms with Gasteiger partial charge in [0.2, 0.25) is 0 Å². The number of hydrogen-bond donors (Lipinski definition) is 0. The predicted molar refractivity (Wildman–Crippen MR) is 87.4 cm³/mol. The molecule has 23 heavy (non-hydrogen) atoms. The molecule has 0 aliphatic heterocycles. The molecule has 0 saturated carbocycles. The van der Waals surface area contributed by atoms with Gasteiger partial charge in [-0.25, -0.2) is 4.79 Å². The average molecular weight is 328 g/mol. The molecule has 0 N–H and O–H groups in total. The van der Waals surface area contributed by atoms with Crippen LogP contribution < -0.4 is 0 Å². The van der Waals surface area contributed by atoms with Crippen LogP contribution in [0.4, 0.5) is 0 Å². The number of carbonyl (C=O) groups is 3. The van der Waals surface area contributed by atoms with E-state index in [2.05, 4.69) is 22.6 Å². The van der Waals surface area contributed by atoms with Crippen LogP contribution >= 0.6 is 0 Å². The van der Waals surface area contributed by atoms with Crippen molar-refractivity contribution < 1.29 is 28.6 Å². The molecule has 0 bridgehead atoms. The van der Waals surface area contributed by atoms with Crippen molar-refractivity contribution in [2.45, 2.75) is 53.6 Å². The molecule has 0 aliphatic rings. The molecule has 6 heteroatoms. The second-order valence-corrected chi connectivity index (χ2v) is 6.68. The molecule has 0 heterocycles. The fraction of sp³-hybridized carbons (Fsp3) is 0.588. The number of hydrogen-bond acceptors (Lipinski definition) is 6. The topological polar surface area (TPSA) is 78.9 Å². The molecule has 0 amide bonds. The summed E-state index contributed by atoms with van der Waals surface area (Å²) in [4.78, 5) is 32.9. The number of methoxy groups -OCH3 is 1. The van der Waals surface area contributed by atoms with Gasteiger partial charge in [-0.05, 0) is 41.5 Å². The molecule has 0 aromatic carbocycles. The van der Waals surface area contributed by atoms with Crippen LogP contribution in [0.2, 0.25) is 0 Å². The van der Waals surface area contributed by atoms with Gasteiger partial charge in [-0.2, -0.15) is 0 Å². The normalized spacial score (nSPS) is 10.6. The third-order valence-corrected chi connectivity index (χ3v) is 2.08. The van der Waals surface area contributed by atoms with Crippen molar-refractivity contribution in [2.24, 2.45) is 5.41 Å². The van der Waals surface area contributed by atoms with Crippen LogP contribution in [0.5, 0.6) is 0 Å². The summed E-state index contributed by atoms with van der Waals surface area (Å²) in [6, 6.07) is 0. The Balaban J connectivity index is 0. The molecule has 0 rings (SSSR count). The van der Waals surface area contributed by atoms with Crippen LogP contribution in [-0.4, -0.2) is 30.6 Å². The highest BCUT2D eigenvalue weighted by Gasteiger charge is 2.22. The molecule has 0 saturated heterocycles. The highest BCUT2D eigenvalue weighted by Crippen LogP contribution is 2.14. The van der Waals surface area contributed by atoms with Gasteiger partial charge in [0.1, 0.15) is 5.60 Å². The van der Waals surface area contributed by atoms with E-state index in [1.165, 1.54) is 7.11 Å². The quantitative estimate of drug-likeness (QED) is 0.341. The standard InChI is InChI=1S/C10H16O4.C7H12O2/c1-7(6-8(11)13-5)9(12)14-10(2,3)4;1-5-9-6(8)7(2,3)4/h1,6H2,2-5H3;5H,1H2,2-4H3. The molecule has 0 aromatic rings. The lowest BCUT2D eigenvalue weighted by molar-refractivity contribution is -0.152. The van der Waals surface area contributed by atoms with Gasteiger partial charge >= 0.3 is 17.9 Å². The van der Waals surface area contributed by atoms with Gasteiger partial charge in [0.05, 0.1) is 25.2 Å². The summed E-state index contributed by atoms with van der Waals surface area (Å²) in [5, 5.41) is 0. The highest BCUT2D eigenvalue weighted by atomic mass is 16.6. The van der Waals surface area contributed by atoms with Crippen LogP contribution in [-0.2, 0) is 28.6 Å². The maximum Gasteiger partial charge on any atom is 0.334 e. The first-order valence-electron chi connectivity index (χ1n) is 7.04. The zero-order valence-electron chi connectivity index (χ0n) is 15.1. The van der Waals surface area contributed by atoms with Crippen LogP contribution in [0.25, 0.3) is 0 Å². The Bertz CT molecular complexity index is 449. The van der Waals surface area contributed by atoms with Crippen LogP contribution in [0.3, 0.4) is 0 Å². The number of carbonyl (C=O) groups excluding carboxylic acids is 3. The van der Waals surface area contributed by atoms with E-state index in [0.29, 0.717) is 0 Å². The van der Waals surface area contributed by atoms with Crippen molar-refractivity contribution in [1.82, 2.24) is 0 Å². The molecular weight excluding hydrogens is 300 g/mol. The molecule has 0 fully saturated rings. The minimum atomic E-state index is -0.573. The summed E-state index contributed by atoms with van der Waals surface area (Å²) >= 11 is 0. The van der Waals surface area contributed by atoms with Crippen LogP contribution in [0.1, 0.15) is 48.0 Å². The lowest BCUT2D eigenvalue weighted by Gasteiger charge is -2.19. The van der Waals surface area contributed by atoms with Gasteiger partial charge in [-0.3, -0.25) is 9.59 Å². The molecule has 0 unspecified atom stereocenters. The van der Waals surface area contributed by atoms with Crippen molar-refractivity contribution in [1.29, 1.82) is 0 Å². The first-order chi connectivity index (χ1) is 10.2. The molecular formula is C17H28O6. The van der Waals surface area contributed by atoms with E-state index < -0.39 is 23.0 Å². The fourth-order valence-electron chi connectivity index (χ4n) is 0.921. The highest BCUT2D eigenvalue weighted by molar-refractivity contribution is 5.93. The van der Waals surface area contributed by atoms with Gasteiger partial charge in [0.15, 0.2) is 0 Å². The Morgan fingerprint density at radius 1 is 1.04 bits per heavy atom. The Kier molecular flexibility index (Phi) is 9.88. The Morgan fingerprint density at radius 3 is 1.78 bits per heavy atom. The van der Waals surface area contributed by atoms with E-state index in [9.17, 15) is 14.4 Å². The Morgan fingerprint density at radius 2 is 1.52 bits per heavy atom. The fourth-order valence-corrected chi connectivity index (χ4v) is 0.921. The number of esters is 3. The van der Waals surface area contributed by atoms with Crippen LogP contribution in [0, 0.1) is 5.41 Å². The van der Waals surface area contributed by atoms with Crippen molar-refractivity contribution >= 4 is 17.9 Å². The van der Waals surface area contributed by atoms with Crippen molar-refractivity contribution in [3.63, 3.8) is 0 Å². The molecule has 0 atom stereocenters. The van der Waals surface area contributed by atoms with Gasteiger partial charge in [0.25, 0.3) is 0 Å². The second kappa shape index (κ2) is 9.82. The molecule has 6 nitrogen and oxygen atoms in total. The Hall–Kier alpha value is -2.11. The zero-order valence-corrected chi connectivity index (χ0v) is 15.1. The van der Waals surface area contributed by atoms with Crippen LogP contribution in [0.15, 0.2) is 25.0 Å². The van der Waals surface area contributed by atoms with E-state index >= 15 is 0 Å². The van der Waals surface area contributed by atoms with E-state index in [1.807, 2.05) is 0 Å². The summed E-state index contributed by atoms with van der Waals surface area (Å²) in [6.45, 7) is 17.3. The van der Waals surface area contributed by atoms with E-state index in [0.717, 1.165) is 6.26 Å². The number of ether oxygens (including phenoxy) is 3.